The Labute approximate surface area is 134 Å². The van der Waals surface area contributed by atoms with Crippen LogP contribution in [0.15, 0.2) is 71.3 Å². The highest BCUT2D eigenvalue weighted by Crippen LogP contribution is 2.26. The van der Waals surface area contributed by atoms with Crippen molar-refractivity contribution in [2.24, 2.45) is 0 Å². The van der Waals surface area contributed by atoms with Crippen LogP contribution in [0.25, 0.3) is 0 Å². The molecule has 0 amide bonds. The smallest absolute Gasteiger partial charge is 0.318 e. The summed E-state index contributed by atoms with van der Waals surface area (Å²) in [5.74, 6) is -0.0628. The minimum Gasteiger partial charge on any atom is -0.458 e. The Morgan fingerprint density at radius 2 is 1.61 bits per heavy atom. The van der Waals surface area contributed by atoms with Gasteiger partial charge in [0.05, 0.1) is 0 Å². The Morgan fingerprint density at radius 1 is 1.04 bits per heavy atom. The number of hydrogen-bond donors (Lipinski definition) is 0. The van der Waals surface area contributed by atoms with Crippen LogP contribution >= 0.6 is 0 Å². The second-order valence-corrected chi connectivity index (χ2v) is 5.29. The van der Waals surface area contributed by atoms with Crippen LogP contribution in [-0.4, -0.2) is 11.1 Å². The van der Waals surface area contributed by atoms with Crippen LogP contribution < -0.4 is 0 Å². The molecule has 0 spiro atoms. The van der Waals surface area contributed by atoms with Crippen molar-refractivity contribution in [1.29, 1.82) is 0 Å². The van der Waals surface area contributed by atoms with Gasteiger partial charge in [0.2, 0.25) is 0 Å². The van der Waals surface area contributed by atoms with Gasteiger partial charge in [-0.2, -0.15) is 0 Å². The van der Waals surface area contributed by atoms with E-state index in [9.17, 15) is 4.79 Å². The van der Waals surface area contributed by atoms with Gasteiger partial charge in [-0.1, -0.05) is 65.8 Å². The maximum Gasteiger partial charge on any atom is 0.318 e. The lowest BCUT2D eigenvalue weighted by Crippen LogP contribution is -2.17. The first-order valence-electron chi connectivity index (χ1n) is 7.43. The van der Waals surface area contributed by atoms with Crippen molar-refractivity contribution in [3.05, 3.63) is 89.3 Å². The highest BCUT2D eigenvalue weighted by molar-refractivity contribution is 5.82. The highest BCUT2D eigenvalue weighted by atomic mass is 16.5. The van der Waals surface area contributed by atoms with Crippen LogP contribution in [-0.2, 0) is 16.1 Å². The number of carbonyl (C=O) groups is 1. The summed E-state index contributed by atoms with van der Waals surface area (Å²) in [7, 11) is 0. The van der Waals surface area contributed by atoms with Crippen molar-refractivity contribution in [2.75, 3.05) is 0 Å². The molecule has 0 N–H and O–H groups in total. The van der Waals surface area contributed by atoms with E-state index in [4.69, 9.17) is 9.26 Å². The summed E-state index contributed by atoms with van der Waals surface area (Å²) in [4.78, 5) is 12.6. The van der Waals surface area contributed by atoms with Crippen molar-refractivity contribution in [1.82, 2.24) is 5.16 Å². The van der Waals surface area contributed by atoms with E-state index in [1.807, 2.05) is 60.7 Å². The van der Waals surface area contributed by atoms with Gasteiger partial charge in [0.25, 0.3) is 0 Å². The molecular formula is C19H17NO3. The second kappa shape index (κ2) is 6.92. The molecule has 0 unspecified atom stereocenters. The fourth-order valence-corrected chi connectivity index (χ4v) is 2.47. The molecule has 0 aliphatic heterocycles. The number of aromatic nitrogens is 1. The first-order valence-corrected chi connectivity index (χ1v) is 7.43. The molecular weight excluding hydrogens is 290 g/mol. The van der Waals surface area contributed by atoms with Crippen LogP contribution in [0.3, 0.4) is 0 Å². The third-order valence-corrected chi connectivity index (χ3v) is 3.54. The molecule has 116 valence electrons. The fourth-order valence-electron chi connectivity index (χ4n) is 2.47. The Bertz CT molecular complexity index is 726. The number of esters is 1. The van der Waals surface area contributed by atoms with Gasteiger partial charge >= 0.3 is 5.97 Å². The van der Waals surface area contributed by atoms with Gasteiger partial charge in [-0.3, -0.25) is 4.79 Å². The Hall–Kier alpha value is -2.88. The molecule has 1 heterocycles. The lowest BCUT2D eigenvalue weighted by Gasteiger charge is -2.16. The zero-order valence-electron chi connectivity index (χ0n) is 12.8. The van der Waals surface area contributed by atoms with Crippen LogP contribution in [0.5, 0.6) is 0 Å². The number of ether oxygens (including phenoxy) is 1. The standard InChI is InChI=1S/C19H17NO3/c1-14-12-17(20-23-14)13-22-19(21)18(15-8-4-2-5-9-15)16-10-6-3-7-11-16/h2-12,18H,13H2,1H3. The van der Waals surface area contributed by atoms with Crippen molar-refractivity contribution in [3.63, 3.8) is 0 Å². The van der Waals surface area contributed by atoms with Crippen molar-refractivity contribution >= 4 is 5.97 Å². The van der Waals surface area contributed by atoms with E-state index in [0.717, 1.165) is 11.1 Å². The average Bonchev–Trinajstić information content (AvgIpc) is 3.01. The number of carbonyl (C=O) groups excluding carboxylic acids is 1. The lowest BCUT2D eigenvalue weighted by atomic mass is 9.91. The van der Waals surface area contributed by atoms with Crippen LogP contribution in [0.2, 0.25) is 0 Å². The molecule has 4 nitrogen and oxygen atoms in total. The average molecular weight is 307 g/mol. The van der Waals surface area contributed by atoms with Crippen LogP contribution in [0, 0.1) is 6.92 Å². The predicted octanol–water partition coefficient (Wildman–Crippen LogP) is 3.86. The Kier molecular flexibility index (Phi) is 4.52. The van der Waals surface area contributed by atoms with Crippen LogP contribution in [0.4, 0.5) is 0 Å². The summed E-state index contributed by atoms with van der Waals surface area (Å²) in [5.41, 5.74) is 2.41. The quantitative estimate of drug-likeness (QED) is 0.672. The second-order valence-electron chi connectivity index (χ2n) is 5.29. The molecule has 4 heteroatoms. The van der Waals surface area contributed by atoms with Gasteiger partial charge in [-0.25, -0.2) is 0 Å². The SMILES string of the molecule is Cc1cc(COC(=O)C(c2ccccc2)c2ccccc2)no1. The van der Waals surface area contributed by atoms with E-state index < -0.39 is 5.92 Å². The summed E-state index contributed by atoms with van der Waals surface area (Å²) < 4.78 is 10.4. The van der Waals surface area contributed by atoms with Gasteiger partial charge < -0.3 is 9.26 Å². The molecule has 0 radical (unpaired) electrons. The summed E-state index contributed by atoms with van der Waals surface area (Å²) in [6.07, 6.45) is 0. The first-order chi connectivity index (χ1) is 11.2. The first kappa shape index (κ1) is 15.0. The topological polar surface area (TPSA) is 52.3 Å². The highest BCUT2D eigenvalue weighted by Gasteiger charge is 2.24. The number of rotatable bonds is 5. The predicted molar refractivity (Wildman–Crippen MR) is 85.8 cm³/mol. The molecule has 0 bridgehead atoms. The number of benzene rings is 2. The molecule has 0 atom stereocenters. The summed E-state index contributed by atoms with van der Waals surface area (Å²) in [6.45, 7) is 1.90. The third-order valence-electron chi connectivity index (χ3n) is 3.54. The molecule has 0 aliphatic rings. The third kappa shape index (κ3) is 3.66. The van der Waals surface area contributed by atoms with Gasteiger partial charge in [-0.15, -0.1) is 0 Å². The largest absolute Gasteiger partial charge is 0.458 e. The fraction of sp³-hybridized carbons (Fsp3) is 0.158. The summed E-state index contributed by atoms with van der Waals surface area (Å²) >= 11 is 0. The maximum absolute atomic E-state index is 12.6. The van der Waals surface area contributed by atoms with E-state index in [1.165, 1.54) is 0 Å². The van der Waals surface area contributed by atoms with Crippen molar-refractivity contribution in [2.45, 2.75) is 19.4 Å². The molecule has 0 saturated carbocycles. The van der Waals surface area contributed by atoms with Crippen molar-refractivity contribution in [3.8, 4) is 0 Å². The summed E-state index contributed by atoms with van der Waals surface area (Å²) in [5, 5.41) is 3.84. The molecule has 2 aromatic carbocycles. The maximum atomic E-state index is 12.6. The Balaban J connectivity index is 1.82. The molecule has 3 rings (SSSR count). The van der Waals surface area contributed by atoms with E-state index in [-0.39, 0.29) is 12.6 Å². The van der Waals surface area contributed by atoms with E-state index in [0.29, 0.717) is 11.5 Å². The van der Waals surface area contributed by atoms with E-state index in [1.54, 1.807) is 13.0 Å². The molecule has 3 aromatic rings. The van der Waals surface area contributed by atoms with Gasteiger partial charge in [0.1, 0.15) is 24.0 Å². The molecule has 0 fully saturated rings. The Morgan fingerprint density at radius 3 is 2.09 bits per heavy atom. The van der Waals surface area contributed by atoms with E-state index >= 15 is 0 Å². The molecule has 0 aliphatic carbocycles. The summed E-state index contributed by atoms with van der Waals surface area (Å²) in [6, 6.07) is 21.0. The van der Waals surface area contributed by atoms with Gasteiger partial charge in [0, 0.05) is 6.07 Å². The zero-order chi connectivity index (χ0) is 16.1. The molecule has 23 heavy (non-hydrogen) atoms. The van der Waals surface area contributed by atoms with Crippen LogP contribution in [0.1, 0.15) is 28.5 Å². The minimum absolute atomic E-state index is 0.104. The minimum atomic E-state index is -0.453. The number of hydrogen-bond acceptors (Lipinski definition) is 4. The van der Waals surface area contributed by atoms with Crippen molar-refractivity contribution < 1.29 is 14.1 Å². The lowest BCUT2D eigenvalue weighted by molar-refractivity contribution is -0.145. The van der Waals surface area contributed by atoms with Gasteiger partial charge in [0.15, 0.2) is 0 Å². The van der Waals surface area contributed by atoms with E-state index in [2.05, 4.69) is 5.16 Å². The number of nitrogens with zero attached hydrogens (tertiary/aromatic N) is 1. The normalized spacial score (nSPS) is 10.7. The molecule has 0 saturated heterocycles. The number of aryl methyl sites for hydroxylation is 1. The molecule has 1 aromatic heterocycles. The zero-order valence-corrected chi connectivity index (χ0v) is 12.8. The van der Waals surface area contributed by atoms with Gasteiger partial charge in [-0.05, 0) is 18.1 Å². The monoisotopic (exact) mass is 307 g/mol.